The summed E-state index contributed by atoms with van der Waals surface area (Å²) in [5, 5.41) is 0. The zero-order valence-electron chi connectivity index (χ0n) is 7.46. The van der Waals surface area contributed by atoms with Gasteiger partial charge in [-0.05, 0) is 19.9 Å². The number of nitrogens with zero attached hydrogens (tertiary/aromatic N) is 2. The first kappa shape index (κ1) is 9.88. The summed E-state index contributed by atoms with van der Waals surface area (Å²) >= 11 is 0. The van der Waals surface area contributed by atoms with Crippen LogP contribution < -0.4 is 0 Å². The Hall–Kier alpha value is -1.12. The van der Waals surface area contributed by atoms with E-state index >= 15 is 0 Å². The lowest BCUT2D eigenvalue weighted by atomic mass is 10.4. The van der Waals surface area contributed by atoms with Crippen LogP contribution in [0, 0.1) is 0 Å². The normalized spacial score (nSPS) is 13.1. The van der Waals surface area contributed by atoms with Crippen molar-refractivity contribution in [1.82, 2.24) is 4.90 Å². The Balaban J connectivity index is 4.30. The van der Waals surface area contributed by atoms with Gasteiger partial charge in [-0.25, -0.2) is 4.99 Å². The minimum Gasteiger partial charge on any atom is -0.366 e. The molecule has 0 N–H and O–H groups in total. The number of hydrogen-bond donors (Lipinski definition) is 0. The number of hydrogen-bond acceptors (Lipinski definition) is 2. The Kier molecular flexibility index (Phi) is 4.18. The van der Waals surface area contributed by atoms with Crippen LogP contribution in [0.25, 0.3) is 0 Å². The number of rotatable bonds is 2. The second-order valence-electron chi connectivity index (χ2n) is 2.50. The maximum absolute atomic E-state index is 10.0. The molecule has 0 saturated heterocycles. The van der Waals surface area contributed by atoms with Crippen molar-refractivity contribution in [2.75, 3.05) is 14.1 Å². The lowest BCUT2D eigenvalue weighted by Crippen LogP contribution is -2.18. The summed E-state index contributed by atoms with van der Waals surface area (Å²) in [4.78, 5) is 16.0. The molecule has 3 nitrogen and oxygen atoms in total. The van der Waals surface area contributed by atoms with Gasteiger partial charge in [0.05, 0.1) is 0 Å². The van der Waals surface area contributed by atoms with Crippen molar-refractivity contribution in [3.63, 3.8) is 0 Å². The molecule has 0 aromatic carbocycles. The average molecular weight is 154 g/mol. The molecule has 62 valence electrons. The van der Waals surface area contributed by atoms with Gasteiger partial charge in [-0.15, -0.1) is 0 Å². The molecule has 0 spiro atoms. The van der Waals surface area contributed by atoms with Crippen molar-refractivity contribution in [2.45, 2.75) is 13.8 Å². The lowest BCUT2D eigenvalue weighted by Gasteiger charge is -2.10. The summed E-state index contributed by atoms with van der Waals surface area (Å²) in [5.41, 5.74) is 0.728. The zero-order chi connectivity index (χ0) is 8.85. The Morgan fingerprint density at radius 3 is 2.27 bits per heavy atom. The van der Waals surface area contributed by atoms with Crippen LogP contribution in [-0.2, 0) is 4.79 Å². The van der Waals surface area contributed by atoms with E-state index in [1.807, 2.05) is 25.9 Å². The highest BCUT2D eigenvalue weighted by Gasteiger charge is 1.91. The second kappa shape index (κ2) is 4.66. The summed E-state index contributed by atoms with van der Waals surface area (Å²) in [5.74, 6) is 0.889. The molecule has 0 aromatic heterocycles. The van der Waals surface area contributed by atoms with Crippen molar-refractivity contribution in [2.24, 2.45) is 4.99 Å². The molecule has 0 aromatic rings. The highest BCUT2D eigenvalue weighted by Crippen LogP contribution is 1.94. The second-order valence-corrected chi connectivity index (χ2v) is 2.50. The lowest BCUT2D eigenvalue weighted by molar-refractivity contribution is -0.104. The molecule has 0 aliphatic rings. The van der Waals surface area contributed by atoms with E-state index in [4.69, 9.17) is 0 Å². The minimum absolute atomic E-state index is 0.728. The molecule has 0 heterocycles. The molecule has 0 bridgehead atoms. The first-order chi connectivity index (χ1) is 5.07. The SMILES string of the molecule is CC(=N/C(C)=C\C=O)N(C)C. The van der Waals surface area contributed by atoms with E-state index in [9.17, 15) is 4.79 Å². The van der Waals surface area contributed by atoms with E-state index in [0.717, 1.165) is 17.8 Å². The van der Waals surface area contributed by atoms with Crippen molar-refractivity contribution in [3.05, 3.63) is 11.8 Å². The Bertz CT molecular complexity index is 192. The summed E-state index contributed by atoms with van der Waals surface area (Å²) in [6, 6.07) is 0. The van der Waals surface area contributed by atoms with Gasteiger partial charge < -0.3 is 4.90 Å². The van der Waals surface area contributed by atoms with Crippen molar-refractivity contribution < 1.29 is 4.79 Å². The summed E-state index contributed by atoms with van der Waals surface area (Å²) in [6.07, 6.45) is 2.18. The van der Waals surface area contributed by atoms with Crippen LogP contribution in [0.4, 0.5) is 0 Å². The van der Waals surface area contributed by atoms with Crippen molar-refractivity contribution >= 4 is 12.1 Å². The predicted octanol–water partition coefficient (Wildman–Crippen LogP) is 1.07. The largest absolute Gasteiger partial charge is 0.366 e. The molecule has 0 fully saturated rings. The Morgan fingerprint density at radius 1 is 1.36 bits per heavy atom. The van der Waals surface area contributed by atoms with E-state index in [1.165, 1.54) is 6.08 Å². The highest BCUT2D eigenvalue weighted by atomic mass is 16.1. The first-order valence-corrected chi connectivity index (χ1v) is 3.42. The number of allylic oxidation sites excluding steroid dienone is 2. The number of aliphatic imine (C=N–C) groups is 1. The highest BCUT2D eigenvalue weighted by molar-refractivity contribution is 5.80. The van der Waals surface area contributed by atoms with E-state index in [0.29, 0.717) is 0 Å². The number of carbonyl (C=O) groups is 1. The quantitative estimate of drug-likeness (QED) is 0.258. The van der Waals surface area contributed by atoms with Crippen LogP contribution in [0.3, 0.4) is 0 Å². The maximum atomic E-state index is 10.0. The van der Waals surface area contributed by atoms with Crippen LogP contribution in [-0.4, -0.2) is 31.1 Å². The number of carbonyl (C=O) groups excluding carboxylic acids is 1. The first-order valence-electron chi connectivity index (χ1n) is 3.42. The molecule has 0 aliphatic carbocycles. The van der Waals surface area contributed by atoms with Crippen LogP contribution in [0.2, 0.25) is 0 Å². The van der Waals surface area contributed by atoms with E-state index in [2.05, 4.69) is 4.99 Å². The van der Waals surface area contributed by atoms with Gasteiger partial charge in [-0.3, -0.25) is 4.79 Å². The fraction of sp³-hybridized carbons (Fsp3) is 0.500. The third-order valence-electron chi connectivity index (χ3n) is 1.29. The average Bonchev–Trinajstić information content (AvgIpc) is 1.87. The van der Waals surface area contributed by atoms with Gasteiger partial charge in [0.25, 0.3) is 0 Å². The molecular formula is C8H14N2O. The van der Waals surface area contributed by atoms with Crippen LogP contribution in [0.5, 0.6) is 0 Å². The van der Waals surface area contributed by atoms with E-state index < -0.39 is 0 Å². The minimum atomic E-state index is 0.728. The number of amidine groups is 1. The molecule has 0 amide bonds. The van der Waals surface area contributed by atoms with Gasteiger partial charge >= 0.3 is 0 Å². The van der Waals surface area contributed by atoms with Crippen LogP contribution in [0.15, 0.2) is 16.8 Å². The van der Waals surface area contributed by atoms with Crippen LogP contribution in [0.1, 0.15) is 13.8 Å². The topological polar surface area (TPSA) is 32.7 Å². The third-order valence-corrected chi connectivity index (χ3v) is 1.29. The monoisotopic (exact) mass is 154 g/mol. The van der Waals surface area contributed by atoms with Gasteiger partial charge in [0, 0.05) is 19.8 Å². The van der Waals surface area contributed by atoms with E-state index in [-0.39, 0.29) is 0 Å². The molecule has 11 heavy (non-hydrogen) atoms. The molecule has 3 heteroatoms. The molecule has 0 aliphatic heterocycles. The van der Waals surface area contributed by atoms with Gasteiger partial charge in [0.2, 0.25) is 0 Å². The van der Waals surface area contributed by atoms with Crippen molar-refractivity contribution in [3.8, 4) is 0 Å². The maximum Gasteiger partial charge on any atom is 0.144 e. The van der Waals surface area contributed by atoms with Gasteiger partial charge in [-0.1, -0.05) is 0 Å². The third kappa shape index (κ3) is 4.31. The smallest absolute Gasteiger partial charge is 0.144 e. The fourth-order valence-corrected chi connectivity index (χ4v) is 0.491. The molecule has 0 atom stereocenters. The standard InChI is InChI=1S/C8H14N2O/c1-7(5-6-11)9-8(2)10(3)4/h5-6H,1-4H3/b7-5-,9-8?. The summed E-state index contributed by atoms with van der Waals surface area (Å²) in [6.45, 7) is 3.68. The van der Waals surface area contributed by atoms with E-state index in [1.54, 1.807) is 6.92 Å². The summed E-state index contributed by atoms with van der Waals surface area (Å²) < 4.78 is 0. The zero-order valence-corrected chi connectivity index (χ0v) is 7.46. The van der Waals surface area contributed by atoms with Gasteiger partial charge in [0.1, 0.15) is 12.1 Å². The predicted molar refractivity (Wildman–Crippen MR) is 46.6 cm³/mol. The Labute approximate surface area is 67.4 Å². The molecular weight excluding hydrogens is 140 g/mol. The molecule has 0 saturated carbocycles. The Morgan fingerprint density at radius 2 is 1.91 bits per heavy atom. The summed E-state index contributed by atoms with van der Waals surface area (Å²) in [7, 11) is 3.82. The fourth-order valence-electron chi connectivity index (χ4n) is 0.491. The van der Waals surface area contributed by atoms with Gasteiger partial charge in [-0.2, -0.15) is 0 Å². The van der Waals surface area contributed by atoms with Crippen molar-refractivity contribution in [1.29, 1.82) is 0 Å². The van der Waals surface area contributed by atoms with Crippen LogP contribution >= 0.6 is 0 Å². The number of aldehydes is 1. The molecule has 0 radical (unpaired) electrons. The molecule has 0 unspecified atom stereocenters. The molecule has 0 rings (SSSR count). The van der Waals surface area contributed by atoms with Gasteiger partial charge in [0.15, 0.2) is 0 Å².